The highest BCUT2D eigenvalue weighted by Gasteiger charge is 2.24. The minimum atomic E-state index is -3.69. The number of nitrogens with one attached hydrogen (secondary N) is 1. The van der Waals surface area contributed by atoms with Crippen molar-refractivity contribution in [2.24, 2.45) is 0 Å². The number of hydrogen-bond acceptors (Lipinski definition) is 7. The lowest BCUT2D eigenvalue weighted by atomic mass is 10.1. The van der Waals surface area contributed by atoms with Gasteiger partial charge in [-0.1, -0.05) is 31.2 Å². The fraction of sp³-hybridized carbons (Fsp3) is 0.440. The number of benzene rings is 2. The van der Waals surface area contributed by atoms with Crippen LogP contribution in [-0.4, -0.2) is 59.8 Å². The predicted molar refractivity (Wildman–Crippen MR) is 140 cm³/mol. The van der Waals surface area contributed by atoms with Gasteiger partial charge in [-0.2, -0.15) is 4.31 Å². The minimum Gasteiger partial charge on any atom is -0.370 e. The highest BCUT2D eigenvalue weighted by molar-refractivity contribution is 7.89. The molecule has 11 heteroatoms. The van der Waals surface area contributed by atoms with Gasteiger partial charge >= 0.3 is 0 Å². The predicted octanol–water partition coefficient (Wildman–Crippen LogP) is 2.84. The summed E-state index contributed by atoms with van der Waals surface area (Å²) in [7, 11) is -3.69. The molecule has 0 aliphatic carbocycles. The number of rotatable bonds is 9. The largest absolute Gasteiger partial charge is 0.370 e. The second-order valence-electron chi connectivity index (χ2n) is 8.75. The number of hydrogen-bond donors (Lipinski definition) is 1. The quantitative estimate of drug-likeness (QED) is 0.468. The normalized spacial score (nSPS) is 14.4. The SMILES string of the molecule is CCN(CC)S(=O)(=O)c1ccc(N2CCCCC2)c(NC(=O)CCn2nnc3ccccc3c2=O)c1. The molecule has 1 aromatic heterocycles. The van der Waals surface area contributed by atoms with E-state index in [9.17, 15) is 18.0 Å². The molecule has 2 heterocycles. The molecule has 1 amide bonds. The third kappa shape index (κ3) is 5.41. The van der Waals surface area contributed by atoms with Crippen molar-refractivity contribution in [3.05, 3.63) is 52.8 Å². The number of anilines is 2. The zero-order chi connectivity index (χ0) is 25.7. The highest BCUT2D eigenvalue weighted by atomic mass is 32.2. The third-order valence-corrected chi connectivity index (χ3v) is 8.51. The number of amides is 1. The van der Waals surface area contributed by atoms with Gasteiger partial charge in [0, 0.05) is 32.6 Å². The Hall–Kier alpha value is -3.31. The van der Waals surface area contributed by atoms with Crippen molar-refractivity contribution in [1.29, 1.82) is 0 Å². The van der Waals surface area contributed by atoms with Crippen molar-refractivity contribution in [3.8, 4) is 0 Å². The molecule has 0 bridgehead atoms. The van der Waals surface area contributed by atoms with E-state index in [1.807, 2.05) is 0 Å². The van der Waals surface area contributed by atoms with Crippen molar-refractivity contribution in [2.75, 3.05) is 36.4 Å². The number of sulfonamides is 1. The van der Waals surface area contributed by atoms with Crippen molar-refractivity contribution in [2.45, 2.75) is 51.0 Å². The first-order valence-corrected chi connectivity index (χ1v) is 13.8. The first-order chi connectivity index (χ1) is 17.3. The summed E-state index contributed by atoms with van der Waals surface area (Å²) >= 11 is 0. The van der Waals surface area contributed by atoms with E-state index in [-0.39, 0.29) is 29.3 Å². The summed E-state index contributed by atoms with van der Waals surface area (Å²) in [4.78, 5) is 27.9. The van der Waals surface area contributed by atoms with E-state index in [1.54, 1.807) is 50.2 Å². The lowest BCUT2D eigenvalue weighted by Gasteiger charge is -2.31. The molecule has 0 unspecified atom stereocenters. The Bertz CT molecular complexity index is 1400. The number of nitrogens with zero attached hydrogens (tertiary/aromatic N) is 5. The highest BCUT2D eigenvalue weighted by Crippen LogP contribution is 2.32. The van der Waals surface area contributed by atoms with Crippen LogP contribution in [0.3, 0.4) is 0 Å². The molecule has 36 heavy (non-hydrogen) atoms. The van der Waals surface area contributed by atoms with Crippen LogP contribution < -0.4 is 15.8 Å². The van der Waals surface area contributed by atoms with Crippen molar-refractivity contribution in [1.82, 2.24) is 19.3 Å². The van der Waals surface area contributed by atoms with E-state index in [1.165, 1.54) is 15.1 Å². The first kappa shape index (κ1) is 25.8. The summed E-state index contributed by atoms with van der Waals surface area (Å²) in [6, 6.07) is 11.8. The van der Waals surface area contributed by atoms with Gasteiger partial charge in [0.1, 0.15) is 5.52 Å². The maximum absolute atomic E-state index is 13.1. The van der Waals surface area contributed by atoms with Crippen LogP contribution in [0.2, 0.25) is 0 Å². The van der Waals surface area contributed by atoms with E-state index in [0.717, 1.165) is 38.0 Å². The molecule has 0 radical (unpaired) electrons. The second kappa shape index (κ2) is 11.2. The molecule has 3 aromatic rings. The number of aromatic nitrogens is 3. The molecule has 1 N–H and O–H groups in total. The summed E-state index contributed by atoms with van der Waals surface area (Å²) in [5.74, 6) is -0.340. The van der Waals surface area contributed by atoms with E-state index in [2.05, 4.69) is 20.5 Å². The number of fused-ring (bicyclic) bond motifs is 1. The Morgan fingerprint density at radius 1 is 1.06 bits per heavy atom. The Labute approximate surface area is 211 Å². The fourth-order valence-corrected chi connectivity index (χ4v) is 5.97. The summed E-state index contributed by atoms with van der Waals surface area (Å²) in [6.07, 6.45) is 3.21. The molecular formula is C25H32N6O4S. The minimum absolute atomic E-state index is 0.0145. The Balaban J connectivity index is 1.58. The molecular weight excluding hydrogens is 480 g/mol. The van der Waals surface area contributed by atoms with Gasteiger partial charge < -0.3 is 10.2 Å². The molecule has 1 aliphatic heterocycles. The molecule has 2 aromatic carbocycles. The van der Waals surface area contributed by atoms with E-state index in [0.29, 0.717) is 29.7 Å². The summed E-state index contributed by atoms with van der Waals surface area (Å²) in [5, 5.41) is 11.3. The molecule has 0 saturated carbocycles. The number of aryl methyl sites for hydroxylation is 1. The van der Waals surface area contributed by atoms with Crippen LogP contribution >= 0.6 is 0 Å². The average molecular weight is 513 g/mol. The smallest absolute Gasteiger partial charge is 0.277 e. The zero-order valence-corrected chi connectivity index (χ0v) is 21.5. The van der Waals surface area contributed by atoms with Crippen molar-refractivity contribution in [3.63, 3.8) is 0 Å². The lowest BCUT2D eigenvalue weighted by Crippen LogP contribution is -2.32. The molecule has 4 rings (SSSR count). The van der Waals surface area contributed by atoms with Gasteiger partial charge in [-0.25, -0.2) is 13.1 Å². The molecule has 1 aliphatic rings. The monoisotopic (exact) mass is 512 g/mol. The van der Waals surface area contributed by atoms with E-state index in [4.69, 9.17) is 0 Å². The van der Waals surface area contributed by atoms with E-state index < -0.39 is 10.0 Å². The number of piperidine rings is 1. The Kier molecular flexibility index (Phi) is 8.00. The van der Waals surface area contributed by atoms with Crippen LogP contribution in [0, 0.1) is 0 Å². The van der Waals surface area contributed by atoms with Gasteiger partial charge in [0.25, 0.3) is 5.56 Å². The summed E-state index contributed by atoms with van der Waals surface area (Å²) in [5.41, 5.74) is 1.44. The van der Waals surface area contributed by atoms with Crippen LogP contribution in [0.5, 0.6) is 0 Å². The molecule has 1 fully saturated rings. The van der Waals surface area contributed by atoms with Gasteiger partial charge in [0.15, 0.2) is 0 Å². The molecule has 1 saturated heterocycles. The van der Waals surface area contributed by atoms with E-state index >= 15 is 0 Å². The van der Waals surface area contributed by atoms with Gasteiger partial charge in [0.2, 0.25) is 15.9 Å². The van der Waals surface area contributed by atoms with Gasteiger partial charge in [0.05, 0.1) is 28.2 Å². The summed E-state index contributed by atoms with van der Waals surface area (Å²) < 4.78 is 28.8. The topological polar surface area (TPSA) is 118 Å². The molecule has 0 atom stereocenters. The fourth-order valence-electron chi connectivity index (χ4n) is 4.49. The van der Waals surface area contributed by atoms with Gasteiger partial charge in [-0.15, -0.1) is 5.10 Å². The number of carbonyl (C=O) groups is 1. The van der Waals surface area contributed by atoms with Crippen LogP contribution in [0.15, 0.2) is 52.2 Å². The van der Waals surface area contributed by atoms with Crippen molar-refractivity contribution < 1.29 is 13.2 Å². The number of carbonyl (C=O) groups excluding carboxylic acids is 1. The zero-order valence-electron chi connectivity index (χ0n) is 20.7. The van der Waals surface area contributed by atoms with Crippen LogP contribution in [0.1, 0.15) is 39.5 Å². The standard InChI is InChI=1S/C25H32N6O4S/c1-3-30(4-2)36(34,35)19-12-13-23(29-15-8-5-9-16-29)22(18-19)26-24(32)14-17-31-25(33)20-10-6-7-11-21(20)27-28-31/h6-7,10-13,18H,3-5,8-9,14-17H2,1-2H3,(H,26,32). The van der Waals surface area contributed by atoms with Gasteiger partial charge in [-0.3, -0.25) is 9.59 Å². The van der Waals surface area contributed by atoms with Crippen LogP contribution in [0.4, 0.5) is 11.4 Å². The Morgan fingerprint density at radius 3 is 2.50 bits per heavy atom. The van der Waals surface area contributed by atoms with Crippen molar-refractivity contribution >= 4 is 38.2 Å². The second-order valence-corrected chi connectivity index (χ2v) is 10.7. The van der Waals surface area contributed by atoms with Gasteiger partial charge in [-0.05, 0) is 49.6 Å². The maximum atomic E-state index is 13.1. The molecule has 192 valence electrons. The average Bonchev–Trinajstić information content (AvgIpc) is 2.89. The van der Waals surface area contributed by atoms with Crippen LogP contribution in [-0.2, 0) is 21.4 Å². The molecule has 10 nitrogen and oxygen atoms in total. The Morgan fingerprint density at radius 2 is 1.78 bits per heavy atom. The maximum Gasteiger partial charge on any atom is 0.277 e. The first-order valence-electron chi connectivity index (χ1n) is 12.4. The summed E-state index contributed by atoms with van der Waals surface area (Å²) in [6.45, 7) is 6.04. The lowest BCUT2D eigenvalue weighted by molar-refractivity contribution is -0.116. The van der Waals surface area contributed by atoms with Crippen LogP contribution in [0.25, 0.3) is 10.9 Å². The third-order valence-electron chi connectivity index (χ3n) is 6.46. The molecule has 0 spiro atoms.